The lowest BCUT2D eigenvalue weighted by atomic mass is 10.1. The van der Waals surface area contributed by atoms with Crippen molar-refractivity contribution in [2.24, 2.45) is 5.73 Å². The Morgan fingerprint density at radius 3 is 1.71 bits per heavy atom. The van der Waals surface area contributed by atoms with Gasteiger partial charge in [-0.25, -0.2) is 4.79 Å². The van der Waals surface area contributed by atoms with Crippen LogP contribution in [0.1, 0.15) is 58.8 Å². The zero-order valence-corrected chi connectivity index (χ0v) is 32.0. The number of ketones is 1. The first-order chi connectivity index (χ1) is 25.2. The Labute approximate surface area is 312 Å². The number of amides is 2. The van der Waals surface area contributed by atoms with Crippen molar-refractivity contribution in [3.05, 3.63) is 91.0 Å². The molecule has 4 N–H and O–H groups in total. The topological polar surface area (TPSA) is 154 Å². The second-order valence-corrected chi connectivity index (χ2v) is 16.9. The van der Waals surface area contributed by atoms with Gasteiger partial charge in [0.25, 0.3) is 0 Å². The Bertz CT molecular complexity index is 1450. The standard InChI is InChI=1S/C40H52N3O7PS/c1-3-49-39(47)26-24-36(44)35(30-52-29-27-41)43-38(46)25-23-34(40(48)50-4-2)42-37(45)22-14-15-28-51(31-16-8-5-9-17-31,32-18-10-6-11-19-32)33-20-12-7-13-21-33/h5-13,16-21,34-35H,3-4,14-15,22-30,41H2,1-2H3,(H-,42,43,45,46)/p+1. The van der Waals surface area contributed by atoms with Crippen LogP contribution in [0.3, 0.4) is 0 Å². The fourth-order valence-electron chi connectivity index (χ4n) is 5.95. The third-order valence-electron chi connectivity index (χ3n) is 8.46. The molecule has 0 aliphatic carbocycles. The molecule has 0 aliphatic rings. The van der Waals surface area contributed by atoms with E-state index in [2.05, 4.69) is 83.4 Å². The number of thioether (sulfide) groups is 1. The molecule has 0 fully saturated rings. The van der Waals surface area contributed by atoms with Crippen molar-refractivity contribution in [2.75, 3.05) is 37.4 Å². The molecule has 0 saturated carbocycles. The molecule has 2 unspecified atom stereocenters. The zero-order chi connectivity index (χ0) is 37.6. The Morgan fingerprint density at radius 2 is 1.19 bits per heavy atom. The number of rotatable bonds is 24. The molecule has 2 amide bonds. The van der Waals surface area contributed by atoms with Crippen molar-refractivity contribution < 1.29 is 33.4 Å². The summed E-state index contributed by atoms with van der Waals surface area (Å²) in [5.41, 5.74) is 5.60. The Balaban J connectivity index is 1.63. The summed E-state index contributed by atoms with van der Waals surface area (Å²) < 4.78 is 10.1. The molecule has 0 heterocycles. The fourth-order valence-corrected chi connectivity index (χ4v) is 11.2. The van der Waals surface area contributed by atoms with Crippen molar-refractivity contribution in [1.82, 2.24) is 10.6 Å². The van der Waals surface area contributed by atoms with Crippen LogP contribution in [0.15, 0.2) is 91.0 Å². The normalized spacial score (nSPS) is 12.3. The van der Waals surface area contributed by atoms with E-state index in [4.69, 9.17) is 15.2 Å². The smallest absolute Gasteiger partial charge is 0.328 e. The molecule has 3 aromatic carbocycles. The zero-order valence-electron chi connectivity index (χ0n) is 30.3. The summed E-state index contributed by atoms with van der Waals surface area (Å²) in [7, 11) is -2.03. The van der Waals surface area contributed by atoms with E-state index in [1.807, 2.05) is 18.2 Å². The highest BCUT2D eigenvalue weighted by atomic mass is 32.2. The van der Waals surface area contributed by atoms with Crippen LogP contribution in [0, 0.1) is 0 Å². The maximum absolute atomic E-state index is 13.2. The van der Waals surface area contributed by atoms with E-state index < -0.39 is 37.2 Å². The highest BCUT2D eigenvalue weighted by Crippen LogP contribution is 2.55. The lowest BCUT2D eigenvalue weighted by Gasteiger charge is -2.27. The largest absolute Gasteiger partial charge is 0.466 e. The summed E-state index contributed by atoms with van der Waals surface area (Å²) in [5, 5.41) is 9.36. The van der Waals surface area contributed by atoms with Crippen LogP contribution >= 0.6 is 19.0 Å². The molecule has 0 aromatic heterocycles. The summed E-state index contributed by atoms with van der Waals surface area (Å²) >= 11 is 1.42. The number of carbonyl (C=O) groups excluding carboxylic acids is 5. The third kappa shape index (κ3) is 13.5. The van der Waals surface area contributed by atoms with Crippen molar-refractivity contribution in [1.29, 1.82) is 0 Å². The lowest BCUT2D eigenvalue weighted by molar-refractivity contribution is -0.147. The molecule has 0 radical (unpaired) electrons. The molecule has 52 heavy (non-hydrogen) atoms. The van der Waals surface area contributed by atoms with E-state index in [1.165, 1.54) is 27.7 Å². The number of hydrogen-bond donors (Lipinski definition) is 3. The van der Waals surface area contributed by atoms with E-state index in [0.29, 0.717) is 24.5 Å². The highest BCUT2D eigenvalue weighted by molar-refractivity contribution is 7.99. The van der Waals surface area contributed by atoms with Gasteiger partial charge in [-0.2, -0.15) is 11.8 Å². The number of nitrogens with one attached hydrogen (secondary N) is 2. The van der Waals surface area contributed by atoms with Crippen LogP contribution in [0.25, 0.3) is 0 Å². The molecule has 0 saturated heterocycles. The molecule has 3 rings (SSSR count). The molecule has 3 aromatic rings. The Hall–Kier alpha value is -4.05. The molecule has 0 aliphatic heterocycles. The maximum Gasteiger partial charge on any atom is 0.328 e. The number of esters is 2. The van der Waals surface area contributed by atoms with Gasteiger partial charge in [0.15, 0.2) is 5.78 Å². The van der Waals surface area contributed by atoms with Gasteiger partial charge in [-0.3, -0.25) is 19.2 Å². The minimum atomic E-state index is -2.03. The maximum atomic E-state index is 13.2. The molecule has 2 atom stereocenters. The molecular formula is C40H53N3O7PS+. The number of unbranched alkanes of at least 4 members (excludes halogenated alkanes) is 1. The number of benzene rings is 3. The summed E-state index contributed by atoms with van der Waals surface area (Å²) in [6.45, 7) is 4.12. The van der Waals surface area contributed by atoms with Gasteiger partial charge in [0.05, 0.1) is 31.8 Å². The second kappa shape index (κ2) is 23.5. The van der Waals surface area contributed by atoms with E-state index in [0.717, 1.165) is 12.6 Å². The predicted molar refractivity (Wildman–Crippen MR) is 211 cm³/mol. The lowest BCUT2D eigenvalue weighted by Crippen LogP contribution is -2.45. The van der Waals surface area contributed by atoms with Crippen molar-refractivity contribution >= 4 is 64.5 Å². The number of carbonyl (C=O) groups is 5. The van der Waals surface area contributed by atoms with Gasteiger partial charge in [0.1, 0.15) is 29.2 Å². The number of nitrogens with two attached hydrogens (primary N) is 1. The van der Waals surface area contributed by atoms with Gasteiger partial charge < -0.3 is 25.8 Å². The van der Waals surface area contributed by atoms with Gasteiger partial charge in [0, 0.05) is 37.3 Å². The van der Waals surface area contributed by atoms with Gasteiger partial charge in [-0.1, -0.05) is 54.6 Å². The monoisotopic (exact) mass is 750 g/mol. The quantitative estimate of drug-likeness (QED) is 0.0699. The van der Waals surface area contributed by atoms with Crippen LogP contribution in [-0.2, 0) is 33.4 Å². The molecular weight excluding hydrogens is 697 g/mol. The van der Waals surface area contributed by atoms with E-state index in [9.17, 15) is 24.0 Å². The van der Waals surface area contributed by atoms with Gasteiger partial charge in [-0.15, -0.1) is 0 Å². The summed E-state index contributed by atoms with van der Waals surface area (Å²) in [5.74, 6) is -1.24. The fraction of sp³-hybridized carbons (Fsp3) is 0.425. The van der Waals surface area contributed by atoms with E-state index in [1.54, 1.807) is 13.8 Å². The second-order valence-electron chi connectivity index (χ2n) is 12.2. The first kappa shape index (κ1) is 42.4. The first-order valence-electron chi connectivity index (χ1n) is 18.0. The van der Waals surface area contributed by atoms with Crippen LogP contribution in [-0.4, -0.2) is 79.0 Å². The molecule has 0 bridgehead atoms. The molecule has 10 nitrogen and oxygen atoms in total. The Kier molecular flexibility index (Phi) is 19.1. The third-order valence-corrected chi connectivity index (χ3v) is 14.1. The minimum absolute atomic E-state index is 0.000743. The van der Waals surface area contributed by atoms with Crippen molar-refractivity contribution in [3.8, 4) is 0 Å². The number of hydrogen-bond acceptors (Lipinski definition) is 9. The van der Waals surface area contributed by atoms with Crippen molar-refractivity contribution in [2.45, 2.75) is 70.9 Å². The first-order valence-corrected chi connectivity index (χ1v) is 21.1. The highest BCUT2D eigenvalue weighted by Gasteiger charge is 2.44. The van der Waals surface area contributed by atoms with Gasteiger partial charge in [-0.05, 0) is 69.5 Å². The molecule has 280 valence electrons. The summed E-state index contributed by atoms with van der Waals surface area (Å²) in [6.07, 6.45) is 2.18. The van der Waals surface area contributed by atoms with Crippen LogP contribution in [0.4, 0.5) is 0 Å². The van der Waals surface area contributed by atoms with Crippen LogP contribution < -0.4 is 32.3 Å². The predicted octanol–water partition coefficient (Wildman–Crippen LogP) is 4.07. The molecule has 12 heteroatoms. The van der Waals surface area contributed by atoms with Gasteiger partial charge >= 0.3 is 11.9 Å². The summed E-state index contributed by atoms with van der Waals surface area (Å²) in [4.78, 5) is 63.8. The summed E-state index contributed by atoms with van der Waals surface area (Å²) in [6, 6.07) is 29.8. The van der Waals surface area contributed by atoms with Crippen LogP contribution in [0.5, 0.6) is 0 Å². The van der Waals surface area contributed by atoms with Gasteiger partial charge in [0.2, 0.25) is 11.8 Å². The van der Waals surface area contributed by atoms with E-state index in [-0.39, 0.29) is 57.0 Å². The number of ether oxygens (including phenoxy) is 2. The SMILES string of the molecule is CCOC(=O)CCC(=O)C(CSCCN)NC(=O)CCC(NC(=O)CCCC[P+](c1ccccc1)(c1ccccc1)c1ccccc1)C(=O)OCC. The van der Waals surface area contributed by atoms with Crippen molar-refractivity contribution in [3.63, 3.8) is 0 Å². The average Bonchev–Trinajstić information content (AvgIpc) is 3.16. The Morgan fingerprint density at radius 1 is 0.673 bits per heavy atom. The van der Waals surface area contributed by atoms with E-state index >= 15 is 0 Å². The number of Topliss-reactive ketones (excluding diaryl/α,β-unsaturated/α-hetero) is 1. The molecule has 0 spiro atoms. The van der Waals surface area contributed by atoms with Crippen LogP contribution in [0.2, 0.25) is 0 Å². The minimum Gasteiger partial charge on any atom is -0.466 e. The average molecular weight is 751 g/mol.